The number of likely N-dealkylation sites (tertiary alicyclic amines) is 1. The Hall–Kier alpha value is -2.89. The molecule has 1 aromatic carbocycles. The number of guanidine groups is 1. The van der Waals surface area contributed by atoms with E-state index < -0.39 is 0 Å². The Morgan fingerprint density at radius 3 is 2.96 bits per heavy atom. The van der Waals surface area contributed by atoms with E-state index in [1.807, 2.05) is 31.8 Å². The molecule has 2 unspecified atom stereocenters. The van der Waals surface area contributed by atoms with Crippen molar-refractivity contribution in [3.8, 4) is 0 Å². The van der Waals surface area contributed by atoms with E-state index in [1.54, 1.807) is 0 Å². The molecule has 140 valence electrons. The number of hydrogen-bond donors (Lipinski definition) is 1. The van der Waals surface area contributed by atoms with Crippen molar-refractivity contribution >= 4 is 16.9 Å². The summed E-state index contributed by atoms with van der Waals surface area (Å²) in [6.07, 6.45) is 8.85. The average molecular weight is 362 g/mol. The standard InChI is InChI=1S/C21H26N6/c1-16-8-11-26(14-20(16)27-12-10-23-15-27)21(22-2)25-13-17-7-9-24-19-6-4-3-5-18(17)19/h3-7,9-10,12,15-16,20H,8,11,13-14H2,1-2H3,(H,22,25). The van der Waals surface area contributed by atoms with E-state index in [0.29, 0.717) is 12.0 Å². The fourth-order valence-corrected chi connectivity index (χ4v) is 3.91. The second kappa shape index (κ2) is 7.78. The molecule has 3 heterocycles. The summed E-state index contributed by atoms with van der Waals surface area (Å²) < 4.78 is 2.22. The molecule has 6 nitrogen and oxygen atoms in total. The first-order chi connectivity index (χ1) is 13.3. The molecule has 1 aliphatic rings. The van der Waals surface area contributed by atoms with Gasteiger partial charge in [0.05, 0.1) is 17.9 Å². The molecule has 2 aromatic heterocycles. The molecule has 1 fully saturated rings. The lowest BCUT2D eigenvalue weighted by molar-refractivity contribution is 0.189. The lowest BCUT2D eigenvalue weighted by Gasteiger charge is -2.39. The second-order valence-electron chi connectivity index (χ2n) is 7.18. The molecule has 1 aliphatic heterocycles. The van der Waals surface area contributed by atoms with Crippen LogP contribution in [0.5, 0.6) is 0 Å². The highest BCUT2D eigenvalue weighted by Gasteiger charge is 2.28. The number of aromatic nitrogens is 3. The van der Waals surface area contributed by atoms with Crippen LogP contribution in [0, 0.1) is 5.92 Å². The van der Waals surface area contributed by atoms with Gasteiger partial charge < -0.3 is 14.8 Å². The van der Waals surface area contributed by atoms with Gasteiger partial charge in [-0.3, -0.25) is 9.98 Å². The molecular formula is C21H26N6. The Kier molecular flexibility index (Phi) is 5.05. The van der Waals surface area contributed by atoms with Crippen LogP contribution in [0.2, 0.25) is 0 Å². The number of hydrogen-bond acceptors (Lipinski definition) is 3. The largest absolute Gasteiger partial charge is 0.352 e. The minimum absolute atomic E-state index is 0.418. The van der Waals surface area contributed by atoms with Crippen LogP contribution in [0.25, 0.3) is 10.9 Å². The summed E-state index contributed by atoms with van der Waals surface area (Å²) in [6, 6.07) is 10.8. The molecule has 1 saturated heterocycles. The zero-order valence-corrected chi connectivity index (χ0v) is 15.9. The first-order valence-electron chi connectivity index (χ1n) is 9.52. The predicted molar refractivity (Wildman–Crippen MR) is 109 cm³/mol. The van der Waals surface area contributed by atoms with Crippen LogP contribution in [-0.2, 0) is 6.54 Å². The summed E-state index contributed by atoms with van der Waals surface area (Å²) in [5, 5.41) is 4.74. The van der Waals surface area contributed by atoms with Crippen molar-refractivity contribution in [2.24, 2.45) is 10.9 Å². The molecule has 27 heavy (non-hydrogen) atoms. The highest BCUT2D eigenvalue weighted by molar-refractivity contribution is 5.83. The molecular weight excluding hydrogens is 336 g/mol. The quantitative estimate of drug-likeness (QED) is 0.575. The molecule has 0 radical (unpaired) electrons. The molecule has 0 bridgehead atoms. The van der Waals surface area contributed by atoms with Gasteiger partial charge in [0.2, 0.25) is 0 Å². The van der Waals surface area contributed by atoms with Gasteiger partial charge in [0.15, 0.2) is 5.96 Å². The van der Waals surface area contributed by atoms with Crippen molar-refractivity contribution in [2.45, 2.75) is 25.9 Å². The number of benzene rings is 1. The molecule has 0 amide bonds. The van der Waals surface area contributed by atoms with Crippen LogP contribution in [0.1, 0.15) is 24.9 Å². The number of rotatable bonds is 3. The molecule has 6 heteroatoms. The van der Waals surface area contributed by atoms with Crippen LogP contribution < -0.4 is 5.32 Å². The number of piperidine rings is 1. The van der Waals surface area contributed by atoms with Gasteiger partial charge in [-0.15, -0.1) is 0 Å². The summed E-state index contributed by atoms with van der Waals surface area (Å²) in [4.78, 5) is 15.6. The fraction of sp³-hybridized carbons (Fsp3) is 0.381. The monoisotopic (exact) mass is 362 g/mol. The van der Waals surface area contributed by atoms with Crippen molar-refractivity contribution in [3.63, 3.8) is 0 Å². The summed E-state index contributed by atoms with van der Waals surface area (Å²) in [6.45, 7) is 5.01. The zero-order chi connectivity index (χ0) is 18.6. The minimum Gasteiger partial charge on any atom is -0.352 e. The van der Waals surface area contributed by atoms with Crippen LogP contribution in [0.15, 0.2) is 60.2 Å². The lowest BCUT2D eigenvalue weighted by atomic mass is 9.93. The van der Waals surface area contributed by atoms with Gasteiger partial charge in [-0.1, -0.05) is 25.1 Å². The number of fused-ring (bicyclic) bond motifs is 1. The minimum atomic E-state index is 0.418. The van der Waals surface area contributed by atoms with Crippen LogP contribution >= 0.6 is 0 Å². The number of pyridine rings is 1. The van der Waals surface area contributed by atoms with Crippen LogP contribution in [0.3, 0.4) is 0 Å². The van der Waals surface area contributed by atoms with E-state index in [-0.39, 0.29) is 0 Å². The van der Waals surface area contributed by atoms with E-state index in [4.69, 9.17) is 0 Å². The van der Waals surface area contributed by atoms with Gasteiger partial charge in [0.25, 0.3) is 0 Å². The van der Waals surface area contributed by atoms with E-state index in [1.165, 1.54) is 10.9 Å². The normalized spacial score (nSPS) is 20.8. The summed E-state index contributed by atoms with van der Waals surface area (Å²) in [7, 11) is 1.86. The van der Waals surface area contributed by atoms with E-state index in [9.17, 15) is 0 Å². The molecule has 0 spiro atoms. The predicted octanol–water partition coefficient (Wildman–Crippen LogP) is 3.09. The third-order valence-electron chi connectivity index (χ3n) is 5.51. The summed E-state index contributed by atoms with van der Waals surface area (Å²) in [5.74, 6) is 1.57. The number of aliphatic imine (C=N–C) groups is 1. The molecule has 3 aromatic rings. The smallest absolute Gasteiger partial charge is 0.193 e. The molecule has 0 saturated carbocycles. The number of imidazole rings is 1. The maximum atomic E-state index is 4.54. The maximum Gasteiger partial charge on any atom is 0.193 e. The Morgan fingerprint density at radius 1 is 1.26 bits per heavy atom. The Labute approximate surface area is 160 Å². The summed E-state index contributed by atoms with van der Waals surface area (Å²) >= 11 is 0. The van der Waals surface area contributed by atoms with Crippen molar-refractivity contribution in [2.75, 3.05) is 20.1 Å². The van der Waals surface area contributed by atoms with Crippen molar-refractivity contribution in [1.29, 1.82) is 0 Å². The van der Waals surface area contributed by atoms with Gasteiger partial charge in [-0.05, 0) is 30.0 Å². The maximum absolute atomic E-state index is 4.54. The molecule has 4 rings (SSSR count). The highest BCUT2D eigenvalue weighted by atomic mass is 15.3. The number of nitrogens with one attached hydrogen (secondary N) is 1. The van der Waals surface area contributed by atoms with Crippen molar-refractivity contribution in [3.05, 3.63) is 60.8 Å². The first kappa shape index (κ1) is 17.5. The Bertz CT molecular complexity index is 912. The van der Waals surface area contributed by atoms with Gasteiger partial charge in [0, 0.05) is 50.7 Å². The topological polar surface area (TPSA) is 58.3 Å². The highest BCUT2D eigenvalue weighted by Crippen LogP contribution is 2.27. The lowest BCUT2D eigenvalue weighted by Crippen LogP contribution is -2.48. The van der Waals surface area contributed by atoms with Gasteiger partial charge in [-0.2, -0.15) is 0 Å². The van der Waals surface area contributed by atoms with Crippen LogP contribution in [0.4, 0.5) is 0 Å². The van der Waals surface area contributed by atoms with Gasteiger partial charge >= 0.3 is 0 Å². The van der Waals surface area contributed by atoms with E-state index >= 15 is 0 Å². The van der Waals surface area contributed by atoms with Crippen LogP contribution in [-0.4, -0.2) is 45.5 Å². The molecule has 2 atom stereocenters. The molecule has 0 aliphatic carbocycles. The molecule has 1 N–H and O–H groups in total. The second-order valence-corrected chi connectivity index (χ2v) is 7.18. The number of nitrogens with zero attached hydrogens (tertiary/aromatic N) is 5. The van der Waals surface area contributed by atoms with Gasteiger partial charge in [-0.25, -0.2) is 4.98 Å². The third kappa shape index (κ3) is 3.65. The zero-order valence-electron chi connectivity index (χ0n) is 15.9. The van der Waals surface area contributed by atoms with Crippen molar-refractivity contribution < 1.29 is 0 Å². The van der Waals surface area contributed by atoms with Crippen molar-refractivity contribution in [1.82, 2.24) is 24.8 Å². The third-order valence-corrected chi connectivity index (χ3v) is 5.51. The Balaban J connectivity index is 1.48. The summed E-state index contributed by atoms with van der Waals surface area (Å²) in [5.41, 5.74) is 2.26. The van der Waals surface area contributed by atoms with Gasteiger partial charge in [0.1, 0.15) is 0 Å². The average Bonchev–Trinajstić information content (AvgIpc) is 3.24. The van der Waals surface area contributed by atoms with E-state index in [0.717, 1.165) is 37.5 Å². The number of para-hydroxylation sites is 1. The fourth-order valence-electron chi connectivity index (χ4n) is 3.91. The SMILES string of the molecule is CN=C(NCc1ccnc2ccccc12)N1CCC(C)C(n2ccnc2)C1. The van der Waals surface area contributed by atoms with E-state index in [2.05, 4.69) is 67.1 Å². The Morgan fingerprint density at radius 2 is 2.15 bits per heavy atom. The first-order valence-corrected chi connectivity index (χ1v) is 9.52.